The van der Waals surface area contributed by atoms with Crippen molar-refractivity contribution in [3.63, 3.8) is 0 Å². The number of aromatic nitrogens is 5. The van der Waals surface area contributed by atoms with E-state index in [9.17, 15) is 4.79 Å². The van der Waals surface area contributed by atoms with Crippen molar-refractivity contribution in [1.29, 1.82) is 0 Å². The maximum absolute atomic E-state index is 12.5. The van der Waals surface area contributed by atoms with Crippen LogP contribution in [0, 0.1) is 0 Å². The highest BCUT2D eigenvalue weighted by Gasteiger charge is 2.28. The molecule has 0 atom stereocenters. The number of esters is 1. The lowest BCUT2D eigenvalue weighted by molar-refractivity contribution is 0.0518. The number of fused-ring (bicyclic) bond motifs is 5. The predicted molar refractivity (Wildman–Crippen MR) is 113 cm³/mol. The molecule has 2 aromatic heterocycles. The fourth-order valence-corrected chi connectivity index (χ4v) is 3.79. The molecule has 0 amide bonds. The summed E-state index contributed by atoms with van der Waals surface area (Å²) in [7, 11) is 0. The molecule has 0 unspecified atom stereocenters. The number of halogens is 1. The molecular formula is C22H18ClN5O3. The van der Waals surface area contributed by atoms with Gasteiger partial charge in [-0.05, 0) is 37.3 Å². The normalized spacial score (nSPS) is 11.8. The van der Waals surface area contributed by atoms with Gasteiger partial charge in [-0.15, -0.1) is 10.2 Å². The van der Waals surface area contributed by atoms with Crippen molar-refractivity contribution in [1.82, 2.24) is 24.3 Å². The lowest BCUT2D eigenvalue weighted by atomic mass is 10.1. The first-order valence-corrected chi connectivity index (χ1v) is 10.2. The molecule has 2 aromatic carbocycles. The van der Waals surface area contributed by atoms with Crippen molar-refractivity contribution >= 4 is 17.6 Å². The van der Waals surface area contributed by atoms with E-state index in [1.807, 2.05) is 51.6 Å². The van der Waals surface area contributed by atoms with E-state index in [2.05, 4.69) is 15.2 Å². The Morgan fingerprint density at radius 3 is 2.81 bits per heavy atom. The maximum Gasteiger partial charge on any atom is 0.358 e. The highest BCUT2D eigenvalue weighted by Crippen LogP contribution is 2.34. The van der Waals surface area contributed by atoms with Crippen LogP contribution in [0.3, 0.4) is 0 Å². The molecule has 0 aliphatic carbocycles. The third-order valence-corrected chi connectivity index (χ3v) is 5.28. The molecule has 8 nitrogen and oxygen atoms in total. The van der Waals surface area contributed by atoms with Gasteiger partial charge in [0.05, 0.1) is 24.5 Å². The first kappa shape index (κ1) is 19.3. The highest BCUT2D eigenvalue weighted by molar-refractivity contribution is 6.31. The van der Waals surface area contributed by atoms with E-state index in [0.717, 1.165) is 17.0 Å². The molecule has 0 fully saturated rings. The van der Waals surface area contributed by atoms with E-state index >= 15 is 0 Å². The number of carbonyl (C=O) groups is 1. The number of rotatable bonds is 5. The van der Waals surface area contributed by atoms with E-state index in [-0.39, 0.29) is 18.9 Å². The first-order chi connectivity index (χ1) is 15.2. The largest absolute Gasteiger partial charge is 0.486 e. The molecule has 1 aliphatic heterocycles. The molecule has 0 radical (unpaired) electrons. The van der Waals surface area contributed by atoms with Gasteiger partial charge in [-0.1, -0.05) is 29.8 Å². The average molecular weight is 436 g/mol. The molecule has 156 valence electrons. The fraction of sp³-hybridized carbons (Fsp3) is 0.182. The molecular weight excluding hydrogens is 418 g/mol. The molecule has 4 aromatic rings. The van der Waals surface area contributed by atoms with Crippen LogP contribution in [0.4, 0.5) is 0 Å². The molecule has 1 aliphatic rings. The number of para-hydroxylation sites is 1. The van der Waals surface area contributed by atoms with Gasteiger partial charge in [0.2, 0.25) is 0 Å². The third kappa shape index (κ3) is 3.44. The second-order valence-electron chi connectivity index (χ2n) is 6.92. The van der Waals surface area contributed by atoms with Crippen LogP contribution in [0.2, 0.25) is 5.02 Å². The van der Waals surface area contributed by atoms with Crippen molar-refractivity contribution in [2.24, 2.45) is 0 Å². The van der Waals surface area contributed by atoms with E-state index < -0.39 is 5.97 Å². The summed E-state index contributed by atoms with van der Waals surface area (Å²) in [6.07, 6.45) is 1.62. The molecule has 0 saturated heterocycles. The van der Waals surface area contributed by atoms with Crippen molar-refractivity contribution in [3.8, 4) is 22.8 Å². The van der Waals surface area contributed by atoms with Gasteiger partial charge in [0.15, 0.2) is 17.3 Å². The highest BCUT2D eigenvalue weighted by atomic mass is 35.5. The van der Waals surface area contributed by atoms with E-state index in [4.69, 9.17) is 21.1 Å². The molecule has 0 bridgehead atoms. The number of ether oxygens (including phenoxy) is 2. The summed E-state index contributed by atoms with van der Waals surface area (Å²) >= 11 is 6.29. The summed E-state index contributed by atoms with van der Waals surface area (Å²) in [6, 6.07) is 15.0. The Hall–Kier alpha value is -3.65. The Kier molecular flexibility index (Phi) is 4.91. The van der Waals surface area contributed by atoms with Crippen LogP contribution >= 0.6 is 11.6 Å². The minimum atomic E-state index is -0.467. The Morgan fingerprint density at radius 2 is 2.00 bits per heavy atom. The van der Waals surface area contributed by atoms with Crippen molar-refractivity contribution in [2.45, 2.75) is 20.1 Å². The number of imidazole rings is 1. The van der Waals surface area contributed by atoms with Gasteiger partial charge in [0.25, 0.3) is 0 Å². The van der Waals surface area contributed by atoms with Gasteiger partial charge >= 0.3 is 5.97 Å². The Bertz CT molecular complexity index is 1270. The Morgan fingerprint density at radius 1 is 1.16 bits per heavy atom. The van der Waals surface area contributed by atoms with Gasteiger partial charge in [-0.25, -0.2) is 9.78 Å². The zero-order valence-corrected chi connectivity index (χ0v) is 17.4. The molecule has 3 heterocycles. The summed E-state index contributed by atoms with van der Waals surface area (Å²) in [6.45, 7) is 2.58. The quantitative estimate of drug-likeness (QED) is 0.389. The summed E-state index contributed by atoms with van der Waals surface area (Å²) in [5, 5.41) is 9.33. The average Bonchev–Trinajstić information content (AvgIpc) is 3.35. The Balaban J connectivity index is 1.61. The van der Waals surface area contributed by atoms with Crippen LogP contribution in [-0.2, 0) is 17.9 Å². The Labute approximate surface area is 183 Å². The van der Waals surface area contributed by atoms with E-state index in [1.54, 1.807) is 19.3 Å². The monoisotopic (exact) mass is 435 g/mol. The second kappa shape index (κ2) is 7.88. The van der Waals surface area contributed by atoms with E-state index in [0.29, 0.717) is 28.9 Å². The molecule has 9 heteroatoms. The van der Waals surface area contributed by atoms with Crippen LogP contribution in [0.15, 0.2) is 54.9 Å². The molecule has 5 rings (SSSR count). The summed E-state index contributed by atoms with van der Waals surface area (Å²) in [5.41, 5.74) is 2.54. The summed E-state index contributed by atoms with van der Waals surface area (Å²) in [4.78, 5) is 16.8. The van der Waals surface area contributed by atoms with Crippen molar-refractivity contribution in [2.75, 3.05) is 6.61 Å². The predicted octanol–water partition coefficient (Wildman–Crippen LogP) is 3.90. The second-order valence-corrected chi connectivity index (χ2v) is 7.36. The molecule has 31 heavy (non-hydrogen) atoms. The first-order valence-electron chi connectivity index (χ1n) is 9.79. The van der Waals surface area contributed by atoms with Gasteiger partial charge < -0.3 is 14.0 Å². The summed E-state index contributed by atoms with van der Waals surface area (Å²) in [5.74, 6) is 1.52. The van der Waals surface area contributed by atoms with Crippen LogP contribution in [0.25, 0.3) is 17.1 Å². The topological polar surface area (TPSA) is 84.1 Å². The third-order valence-electron chi connectivity index (χ3n) is 5.04. The van der Waals surface area contributed by atoms with Crippen LogP contribution < -0.4 is 4.74 Å². The number of hydrogen-bond acceptors (Lipinski definition) is 6. The smallest absolute Gasteiger partial charge is 0.358 e. The minimum Gasteiger partial charge on any atom is -0.486 e. The lowest BCUT2D eigenvalue weighted by Crippen LogP contribution is -2.14. The van der Waals surface area contributed by atoms with Gasteiger partial charge in [-0.2, -0.15) is 0 Å². The minimum absolute atomic E-state index is 0.218. The van der Waals surface area contributed by atoms with Crippen LogP contribution in [-0.4, -0.2) is 36.9 Å². The molecule has 0 N–H and O–H groups in total. The molecule has 0 saturated carbocycles. The number of benzene rings is 2. The zero-order valence-electron chi connectivity index (χ0n) is 16.7. The van der Waals surface area contributed by atoms with Crippen LogP contribution in [0.1, 0.15) is 28.9 Å². The number of carbonyl (C=O) groups excluding carboxylic acids is 1. The maximum atomic E-state index is 12.5. The zero-order chi connectivity index (χ0) is 21.4. The lowest BCUT2D eigenvalue weighted by Gasteiger charge is -2.10. The van der Waals surface area contributed by atoms with Gasteiger partial charge in [0, 0.05) is 10.6 Å². The van der Waals surface area contributed by atoms with Crippen molar-refractivity contribution < 1.29 is 14.3 Å². The summed E-state index contributed by atoms with van der Waals surface area (Å²) < 4.78 is 14.9. The van der Waals surface area contributed by atoms with Gasteiger partial charge in [0.1, 0.15) is 18.7 Å². The fourth-order valence-electron chi connectivity index (χ4n) is 3.62. The van der Waals surface area contributed by atoms with Gasteiger partial charge in [-0.3, -0.25) is 4.57 Å². The number of nitrogens with zero attached hydrogens (tertiary/aromatic N) is 5. The number of hydrogen-bond donors (Lipinski definition) is 0. The molecule has 0 spiro atoms. The van der Waals surface area contributed by atoms with E-state index in [1.165, 1.54) is 0 Å². The van der Waals surface area contributed by atoms with Crippen LogP contribution in [0.5, 0.6) is 5.75 Å². The SMILES string of the molecule is CCOC(=O)c1ncn2c1Cn1c(COc3ccccc3)nnc1-c1cc(Cl)ccc1-2. The van der Waals surface area contributed by atoms with Crippen molar-refractivity contribution in [3.05, 3.63) is 77.1 Å². The standard InChI is InChI=1S/C22H18ClN5O3/c1-2-30-22(29)20-18-11-27-19(12-31-15-6-4-3-5-7-15)25-26-21(27)16-10-14(23)8-9-17(16)28(18)13-24-20/h3-10,13H,2,11-12H2,1H3.